The van der Waals surface area contributed by atoms with Gasteiger partial charge in [0.2, 0.25) is 0 Å². The Morgan fingerprint density at radius 3 is 2.56 bits per heavy atom. The Morgan fingerprint density at radius 2 is 2.06 bits per heavy atom. The van der Waals surface area contributed by atoms with Crippen molar-refractivity contribution in [1.82, 2.24) is 14.8 Å². The molecule has 0 fully saturated rings. The third-order valence-electron chi connectivity index (χ3n) is 2.45. The second-order valence-corrected chi connectivity index (χ2v) is 5.53. The molecule has 1 heterocycles. The molecule has 0 aliphatic heterocycles. The van der Waals surface area contributed by atoms with Crippen LogP contribution in [0.1, 0.15) is 39.1 Å². The average Bonchev–Trinajstić information content (AvgIpc) is 2.68. The van der Waals surface area contributed by atoms with Crippen LogP contribution in [0.25, 0.3) is 0 Å². The van der Waals surface area contributed by atoms with Crippen LogP contribution < -0.4 is 0 Å². The summed E-state index contributed by atoms with van der Waals surface area (Å²) >= 11 is 1.13. The largest absolute Gasteiger partial charge is 0.481 e. The van der Waals surface area contributed by atoms with Gasteiger partial charge in [-0.2, -0.15) is 0 Å². The van der Waals surface area contributed by atoms with Gasteiger partial charge in [0, 0.05) is 6.04 Å². The maximum absolute atomic E-state index is 10.6. The number of aromatic nitrogens is 3. The van der Waals surface area contributed by atoms with E-state index in [9.17, 15) is 9.90 Å². The molecule has 0 amide bonds. The molecule has 0 saturated carbocycles. The van der Waals surface area contributed by atoms with Crippen molar-refractivity contribution in [2.24, 2.45) is 5.92 Å². The van der Waals surface area contributed by atoms with Gasteiger partial charge in [0.1, 0.15) is 6.61 Å². The minimum absolute atomic E-state index is 0.0576. The molecule has 1 atom stereocenters. The number of rotatable bonds is 7. The first-order valence-corrected chi connectivity index (χ1v) is 6.83. The van der Waals surface area contributed by atoms with Crippen LogP contribution in [0.5, 0.6) is 0 Å². The number of aliphatic carboxylic acids is 1. The molecule has 2 N–H and O–H groups in total. The van der Waals surface area contributed by atoms with Crippen molar-refractivity contribution < 1.29 is 15.0 Å². The van der Waals surface area contributed by atoms with Crippen molar-refractivity contribution >= 4 is 17.7 Å². The molecule has 102 valence electrons. The van der Waals surface area contributed by atoms with Gasteiger partial charge >= 0.3 is 5.97 Å². The van der Waals surface area contributed by atoms with Gasteiger partial charge in [0.05, 0.1) is 5.75 Å². The Balaban J connectivity index is 2.90. The normalized spacial score (nSPS) is 12.9. The highest BCUT2D eigenvalue weighted by molar-refractivity contribution is 7.99. The summed E-state index contributed by atoms with van der Waals surface area (Å²) in [6.07, 6.45) is 0.922. The Morgan fingerprint density at radius 1 is 1.39 bits per heavy atom. The summed E-state index contributed by atoms with van der Waals surface area (Å²) < 4.78 is 1.83. The van der Waals surface area contributed by atoms with Crippen LogP contribution in [-0.2, 0) is 11.4 Å². The minimum atomic E-state index is -0.892. The summed E-state index contributed by atoms with van der Waals surface area (Å²) in [4.78, 5) is 10.6. The van der Waals surface area contributed by atoms with Crippen LogP contribution in [0, 0.1) is 5.92 Å². The van der Waals surface area contributed by atoms with E-state index in [1.165, 1.54) is 0 Å². The molecule has 0 aliphatic carbocycles. The molecule has 18 heavy (non-hydrogen) atoms. The number of thioether (sulfide) groups is 1. The third kappa shape index (κ3) is 3.99. The van der Waals surface area contributed by atoms with Crippen molar-refractivity contribution in [3.63, 3.8) is 0 Å². The topological polar surface area (TPSA) is 88.2 Å². The van der Waals surface area contributed by atoms with E-state index in [0.29, 0.717) is 16.9 Å². The first-order chi connectivity index (χ1) is 8.45. The molecular formula is C11H19N3O3S. The van der Waals surface area contributed by atoms with Gasteiger partial charge in [0.25, 0.3) is 0 Å². The fourth-order valence-corrected chi connectivity index (χ4v) is 2.65. The van der Waals surface area contributed by atoms with Gasteiger partial charge in [-0.3, -0.25) is 4.79 Å². The Kier molecular flexibility index (Phi) is 5.61. The molecule has 0 bridgehead atoms. The Labute approximate surface area is 110 Å². The van der Waals surface area contributed by atoms with Crippen LogP contribution in [0.2, 0.25) is 0 Å². The first kappa shape index (κ1) is 15.0. The van der Waals surface area contributed by atoms with Gasteiger partial charge in [-0.25, -0.2) is 0 Å². The van der Waals surface area contributed by atoms with Crippen LogP contribution in [0.15, 0.2) is 5.16 Å². The van der Waals surface area contributed by atoms with Gasteiger partial charge in [-0.05, 0) is 19.3 Å². The molecule has 1 rings (SSSR count). The monoisotopic (exact) mass is 273 g/mol. The maximum Gasteiger partial charge on any atom is 0.313 e. The zero-order valence-electron chi connectivity index (χ0n) is 10.8. The van der Waals surface area contributed by atoms with E-state index in [2.05, 4.69) is 24.0 Å². The lowest BCUT2D eigenvalue weighted by molar-refractivity contribution is -0.133. The smallest absolute Gasteiger partial charge is 0.313 e. The van der Waals surface area contributed by atoms with E-state index >= 15 is 0 Å². The summed E-state index contributed by atoms with van der Waals surface area (Å²) in [5.74, 6) is 0.0386. The molecule has 7 heteroatoms. The van der Waals surface area contributed by atoms with E-state index in [0.717, 1.165) is 18.2 Å². The highest BCUT2D eigenvalue weighted by atomic mass is 32.2. The molecule has 1 aromatic rings. The fourth-order valence-electron chi connectivity index (χ4n) is 1.87. The zero-order valence-corrected chi connectivity index (χ0v) is 11.6. The summed E-state index contributed by atoms with van der Waals surface area (Å²) in [5.41, 5.74) is 0. The van der Waals surface area contributed by atoms with Crippen molar-refractivity contribution in [1.29, 1.82) is 0 Å². The predicted octanol–water partition coefficient (Wildman–Crippen LogP) is 1.55. The lowest BCUT2D eigenvalue weighted by atomic mass is 10.1. The Bertz CT molecular complexity index is 406. The summed E-state index contributed by atoms with van der Waals surface area (Å²) in [5, 5.41) is 26.3. The van der Waals surface area contributed by atoms with E-state index in [-0.39, 0.29) is 18.4 Å². The summed E-state index contributed by atoms with van der Waals surface area (Å²) in [6.45, 7) is 6.06. The number of nitrogens with zero attached hydrogens (tertiary/aromatic N) is 3. The molecule has 0 aromatic carbocycles. The van der Waals surface area contributed by atoms with Gasteiger partial charge in [-0.15, -0.1) is 10.2 Å². The molecule has 0 spiro atoms. The highest BCUT2D eigenvalue weighted by Gasteiger charge is 2.18. The molecule has 0 saturated heterocycles. The maximum atomic E-state index is 10.6. The van der Waals surface area contributed by atoms with E-state index in [1.54, 1.807) is 0 Å². The second kappa shape index (κ2) is 6.75. The number of carbonyl (C=O) groups is 1. The fraction of sp³-hybridized carbons (Fsp3) is 0.727. The molecule has 0 aliphatic rings. The number of carboxylic acids is 1. The molecular weight excluding hydrogens is 254 g/mol. The second-order valence-electron chi connectivity index (χ2n) is 4.59. The highest BCUT2D eigenvalue weighted by Crippen LogP contribution is 2.25. The molecule has 1 aromatic heterocycles. The van der Waals surface area contributed by atoms with Crippen LogP contribution in [0.3, 0.4) is 0 Å². The SMILES string of the molecule is CC(C)CC(C)n1c(CO)nnc1SCC(=O)O. The zero-order chi connectivity index (χ0) is 13.7. The Hall–Kier alpha value is -1.08. The predicted molar refractivity (Wildman–Crippen MR) is 68.5 cm³/mol. The quantitative estimate of drug-likeness (QED) is 0.733. The van der Waals surface area contributed by atoms with Crippen LogP contribution in [0.4, 0.5) is 0 Å². The lowest BCUT2D eigenvalue weighted by Gasteiger charge is -2.18. The summed E-state index contributed by atoms with van der Waals surface area (Å²) in [7, 11) is 0. The van der Waals surface area contributed by atoms with Crippen molar-refractivity contribution in [3.8, 4) is 0 Å². The number of aliphatic hydroxyl groups excluding tert-OH is 1. The van der Waals surface area contributed by atoms with Crippen molar-refractivity contribution in [2.75, 3.05) is 5.75 Å². The molecule has 1 unspecified atom stereocenters. The van der Waals surface area contributed by atoms with Gasteiger partial charge in [0.15, 0.2) is 11.0 Å². The van der Waals surface area contributed by atoms with Crippen LogP contribution in [-0.4, -0.2) is 36.7 Å². The minimum Gasteiger partial charge on any atom is -0.481 e. The van der Waals surface area contributed by atoms with E-state index < -0.39 is 5.97 Å². The van der Waals surface area contributed by atoms with Gasteiger partial charge < -0.3 is 14.8 Å². The van der Waals surface area contributed by atoms with E-state index in [1.807, 2.05) is 11.5 Å². The average molecular weight is 273 g/mol. The van der Waals surface area contributed by atoms with E-state index in [4.69, 9.17) is 5.11 Å². The van der Waals surface area contributed by atoms with Crippen LogP contribution >= 0.6 is 11.8 Å². The number of hydrogen-bond donors (Lipinski definition) is 2. The molecule has 6 nitrogen and oxygen atoms in total. The number of aliphatic hydroxyl groups is 1. The number of carboxylic acid groups (broad SMARTS) is 1. The lowest BCUT2D eigenvalue weighted by Crippen LogP contribution is -2.13. The first-order valence-electron chi connectivity index (χ1n) is 5.85. The van der Waals surface area contributed by atoms with Crippen molar-refractivity contribution in [2.45, 2.75) is 45.0 Å². The standard InChI is InChI=1S/C11H19N3O3S/c1-7(2)4-8(3)14-9(5-15)12-13-11(14)18-6-10(16)17/h7-8,15H,4-6H2,1-3H3,(H,16,17). The third-order valence-corrected chi connectivity index (χ3v) is 3.38. The van der Waals surface area contributed by atoms with Gasteiger partial charge in [-0.1, -0.05) is 25.6 Å². The molecule has 0 radical (unpaired) electrons. The summed E-state index contributed by atoms with van der Waals surface area (Å²) in [6, 6.07) is 0.137. The van der Waals surface area contributed by atoms with Crippen molar-refractivity contribution in [3.05, 3.63) is 5.82 Å². The number of hydrogen-bond acceptors (Lipinski definition) is 5.